The largest absolute Gasteiger partial charge is 0.326 e. The Morgan fingerprint density at radius 2 is 2.09 bits per heavy atom. The summed E-state index contributed by atoms with van der Waals surface area (Å²) in [5.41, 5.74) is 3.01. The van der Waals surface area contributed by atoms with Gasteiger partial charge in [0.15, 0.2) is 5.82 Å². The fraction of sp³-hybridized carbons (Fsp3) is 0.500. The summed E-state index contributed by atoms with van der Waals surface area (Å²) in [7, 11) is 0. The summed E-state index contributed by atoms with van der Waals surface area (Å²) in [4.78, 5) is 12.1. The van der Waals surface area contributed by atoms with Crippen molar-refractivity contribution in [3.63, 3.8) is 0 Å². The Kier molecular flexibility index (Phi) is 3.63. The SMILES string of the molecule is Cc1ccc(-c2nnc3n2CCCCC3)cc1NC(=O)C1CC1. The number of hydrogen-bond acceptors (Lipinski definition) is 3. The third kappa shape index (κ3) is 2.87. The van der Waals surface area contributed by atoms with Crippen LogP contribution in [0.4, 0.5) is 5.69 Å². The molecule has 2 heterocycles. The highest BCUT2D eigenvalue weighted by molar-refractivity contribution is 5.95. The molecule has 0 atom stereocenters. The van der Waals surface area contributed by atoms with E-state index in [2.05, 4.69) is 32.2 Å². The smallest absolute Gasteiger partial charge is 0.227 e. The van der Waals surface area contributed by atoms with E-state index in [1.807, 2.05) is 13.0 Å². The van der Waals surface area contributed by atoms with Gasteiger partial charge in [0.1, 0.15) is 5.82 Å². The van der Waals surface area contributed by atoms with Crippen LogP contribution in [0, 0.1) is 12.8 Å². The number of aryl methyl sites for hydroxylation is 2. The van der Waals surface area contributed by atoms with Gasteiger partial charge >= 0.3 is 0 Å². The van der Waals surface area contributed by atoms with Crippen LogP contribution in [0.5, 0.6) is 0 Å². The molecule has 1 saturated carbocycles. The van der Waals surface area contributed by atoms with Gasteiger partial charge in [-0.3, -0.25) is 4.79 Å². The van der Waals surface area contributed by atoms with Crippen molar-refractivity contribution in [2.45, 2.75) is 52.0 Å². The predicted octanol–water partition coefficient (Wildman–Crippen LogP) is 3.33. The summed E-state index contributed by atoms with van der Waals surface area (Å²) >= 11 is 0. The molecule has 5 heteroatoms. The van der Waals surface area contributed by atoms with E-state index in [0.717, 1.165) is 54.3 Å². The van der Waals surface area contributed by atoms with E-state index >= 15 is 0 Å². The van der Waals surface area contributed by atoms with E-state index in [-0.39, 0.29) is 11.8 Å². The number of nitrogens with one attached hydrogen (secondary N) is 1. The van der Waals surface area contributed by atoms with Gasteiger partial charge in [0.05, 0.1) is 0 Å². The number of carbonyl (C=O) groups is 1. The van der Waals surface area contributed by atoms with Gasteiger partial charge in [0, 0.05) is 30.1 Å². The number of benzene rings is 1. The molecule has 0 radical (unpaired) electrons. The molecule has 0 bridgehead atoms. The molecule has 1 aliphatic heterocycles. The zero-order valence-corrected chi connectivity index (χ0v) is 13.5. The molecule has 1 aliphatic carbocycles. The van der Waals surface area contributed by atoms with Crippen LogP contribution in [0.1, 0.15) is 43.5 Å². The van der Waals surface area contributed by atoms with Crippen molar-refractivity contribution < 1.29 is 4.79 Å². The molecule has 1 aromatic carbocycles. The van der Waals surface area contributed by atoms with E-state index in [4.69, 9.17) is 0 Å². The zero-order chi connectivity index (χ0) is 15.8. The molecule has 120 valence electrons. The lowest BCUT2D eigenvalue weighted by Gasteiger charge is -2.11. The highest BCUT2D eigenvalue weighted by Gasteiger charge is 2.30. The number of fused-ring (bicyclic) bond motifs is 1. The van der Waals surface area contributed by atoms with Crippen LogP contribution in [0.2, 0.25) is 0 Å². The van der Waals surface area contributed by atoms with Crippen molar-refractivity contribution in [2.75, 3.05) is 5.32 Å². The monoisotopic (exact) mass is 310 g/mol. The summed E-state index contributed by atoms with van der Waals surface area (Å²) < 4.78 is 2.24. The van der Waals surface area contributed by atoms with Gasteiger partial charge in [-0.15, -0.1) is 10.2 Å². The van der Waals surface area contributed by atoms with Gasteiger partial charge in [-0.05, 0) is 44.2 Å². The van der Waals surface area contributed by atoms with Crippen LogP contribution in [0.25, 0.3) is 11.4 Å². The second kappa shape index (κ2) is 5.80. The number of anilines is 1. The van der Waals surface area contributed by atoms with Crippen molar-refractivity contribution in [2.24, 2.45) is 5.92 Å². The van der Waals surface area contributed by atoms with Crippen LogP contribution in [0.15, 0.2) is 18.2 Å². The number of amides is 1. The fourth-order valence-corrected chi connectivity index (χ4v) is 3.17. The molecule has 2 aromatic rings. The second-order valence-electron chi connectivity index (χ2n) is 6.70. The molecule has 23 heavy (non-hydrogen) atoms. The average Bonchev–Trinajstić information content (AvgIpc) is 3.35. The molecular formula is C18H22N4O. The third-order valence-electron chi connectivity index (χ3n) is 4.81. The standard InChI is InChI=1S/C18H22N4O/c1-12-6-7-14(11-15(12)19-18(23)13-8-9-13)17-21-20-16-5-3-2-4-10-22(16)17/h6-7,11,13H,2-5,8-10H2,1H3,(H,19,23). The lowest BCUT2D eigenvalue weighted by Crippen LogP contribution is -2.14. The summed E-state index contributed by atoms with van der Waals surface area (Å²) in [6.07, 6.45) is 6.65. The Morgan fingerprint density at radius 1 is 1.22 bits per heavy atom. The van der Waals surface area contributed by atoms with Crippen LogP contribution in [-0.4, -0.2) is 20.7 Å². The Balaban J connectivity index is 1.66. The fourth-order valence-electron chi connectivity index (χ4n) is 3.17. The Hall–Kier alpha value is -2.17. The lowest BCUT2D eigenvalue weighted by molar-refractivity contribution is -0.117. The highest BCUT2D eigenvalue weighted by Crippen LogP contribution is 2.32. The normalized spacial score (nSPS) is 17.4. The maximum absolute atomic E-state index is 12.1. The molecule has 5 nitrogen and oxygen atoms in total. The molecule has 1 aromatic heterocycles. The van der Waals surface area contributed by atoms with E-state index in [1.165, 1.54) is 19.3 Å². The molecule has 4 rings (SSSR count). The first kappa shape index (κ1) is 14.4. The van der Waals surface area contributed by atoms with Crippen LogP contribution in [0.3, 0.4) is 0 Å². The number of rotatable bonds is 3. The first-order valence-corrected chi connectivity index (χ1v) is 8.56. The van der Waals surface area contributed by atoms with E-state index < -0.39 is 0 Å². The van der Waals surface area contributed by atoms with Gasteiger partial charge in [-0.25, -0.2) is 0 Å². The van der Waals surface area contributed by atoms with Gasteiger partial charge in [0.25, 0.3) is 0 Å². The Morgan fingerprint density at radius 3 is 2.91 bits per heavy atom. The van der Waals surface area contributed by atoms with Gasteiger partial charge in [0.2, 0.25) is 5.91 Å². The van der Waals surface area contributed by atoms with Crippen molar-refractivity contribution in [1.29, 1.82) is 0 Å². The molecule has 1 amide bonds. The van der Waals surface area contributed by atoms with E-state index in [1.54, 1.807) is 0 Å². The van der Waals surface area contributed by atoms with Crippen LogP contribution < -0.4 is 5.32 Å². The molecule has 1 fully saturated rings. The van der Waals surface area contributed by atoms with E-state index in [0.29, 0.717) is 0 Å². The second-order valence-corrected chi connectivity index (χ2v) is 6.70. The Labute approximate surface area is 136 Å². The molecule has 0 saturated heterocycles. The van der Waals surface area contributed by atoms with Gasteiger partial charge < -0.3 is 9.88 Å². The topological polar surface area (TPSA) is 59.8 Å². The van der Waals surface area contributed by atoms with E-state index in [9.17, 15) is 4.79 Å². The lowest BCUT2D eigenvalue weighted by atomic mass is 10.1. The van der Waals surface area contributed by atoms with Crippen molar-refractivity contribution in [1.82, 2.24) is 14.8 Å². The predicted molar refractivity (Wildman–Crippen MR) is 89.1 cm³/mol. The van der Waals surface area contributed by atoms with Crippen molar-refractivity contribution in [3.8, 4) is 11.4 Å². The Bertz CT molecular complexity index is 745. The quantitative estimate of drug-likeness (QED) is 0.946. The summed E-state index contributed by atoms with van der Waals surface area (Å²) in [5.74, 6) is 2.36. The summed E-state index contributed by atoms with van der Waals surface area (Å²) in [6.45, 7) is 3.01. The van der Waals surface area contributed by atoms with Crippen molar-refractivity contribution in [3.05, 3.63) is 29.6 Å². The third-order valence-corrected chi connectivity index (χ3v) is 4.81. The molecule has 0 unspecified atom stereocenters. The number of nitrogens with zero attached hydrogens (tertiary/aromatic N) is 3. The first-order chi connectivity index (χ1) is 11.2. The molecule has 0 spiro atoms. The maximum atomic E-state index is 12.1. The minimum absolute atomic E-state index is 0.144. The summed E-state index contributed by atoms with van der Waals surface area (Å²) in [5, 5.41) is 11.8. The van der Waals surface area contributed by atoms with Crippen LogP contribution in [-0.2, 0) is 17.8 Å². The maximum Gasteiger partial charge on any atom is 0.227 e. The molecule has 1 N–H and O–H groups in total. The van der Waals surface area contributed by atoms with Crippen LogP contribution >= 0.6 is 0 Å². The average molecular weight is 310 g/mol. The van der Waals surface area contributed by atoms with Gasteiger partial charge in [-0.2, -0.15) is 0 Å². The van der Waals surface area contributed by atoms with Gasteiger partial charge in [-0.1, -0.05) is 18.6 Å². The number of aromatic nitrogens is 3. The number of hydrogen-bond donors (Lipinski definition) is 1. The zero-order valence-electron chi connectivity index (χ0n) is 13.5. The summed E-state index contributed by atoms with van der Waals surface area (Å²) in [6, 6.07) is 6.16. The molecular weight excluding hydrogens is 288 g/mol. The minimum atomic E-state index is 0.144. The first-order valence-electron chi connectivity index (χ1n) is 8.56. The highest BCUT2D eigenvalue weighted by atomic mass is 16.2. The number of carbonyl (C=O) groups excluding carboxylic acids is 1. The molecule has 2 aliphatic rings. The van der Waals surface area contributed by atoms with Crippen molar-refractivity contribution >= 4 is 11.6 Å². The minimum Gasteiger partial charge on any atom is -0.326 e.